The van der Waals surface area contributed by atoms with Gasteiger partial charge in [0.15, 0.2) is 0 Å². The smallest absolute Gasteiger partial charge is 0.240 e. The largest absolute Gasteiger partial charge is 0.507 e. The van der Waals surface area contributed by atoms with Crippen LogP contribution in [0.3, 0.4) is 0 Å². The molecule has 26 heavy (non-hydrogen) atoms. The molecular weight excluding hydrogens is 352 g/mol. The second-order valence-corrected chi connectivity index (χ2v) is 6.26. The number of hydrazone groups is 1. The Bertz CT molecular complexity index is 790. The molecule has 2 aromatic rings. The van der Waals surface area contributed by atoms with E-state index in [0.29, 0.717) is 42.2 Å². The van der Waals surface area contributed by atoms with Crippen LogP contribution in [0.25, 0.3) is 0 Å². The number of amides is 1. The zero-order valence-corrected chi connectivity index (χ0v) is 15.7. The average molecular weight is 375 g/mol. The normalized spacial score (nSPS) is 11.3. The summed E-state index contributed by atoms with van der Waals surface area (Å²) in [5.41, 5.74) is 4.75. The van der Waals surface area contributed by atoms with Crippen LogP contribution in [0, 0.1) is 6.92 Å². The van der Waals surface area contributed by atoms with Gasteiger partial charge >= 0.3 is 0 Å². The van der Waals surface area contributed by atoms with Crippen molar-refractivity contribution in [3.63, 3.8) is 0 Å². The van der Waals surface area contributed by atoms with E-state index >= 15 is 0 Å². The standard InChI is InChI=1S/C20H23ClN2O3/c1-3-17(16-7-4-5-8-18(16)24)22-23-20(25)9-6-12-26-19-11-10-15(21)13-14(19)2/h4-5,7-8,10-11,13,24H,3,6,9,12H2,1-2H3,(H,23,25). The SMILES string of the molecule is CCC(=NNC(=O)CCCOc1ccc(Cl)cc1C)c1ccccc1O. The summed E-state index contributed by atoms with van der Waals surface area (Å²) in [6.45, 7) is 4.27. The number of benzene rings is 2. The Hall–Kier alpha value is -2.53. The highest BCUT2D eigenvalue weighted by Gasteiger charge is 2.08. The van der Waals surface area contributed by atoms with Crippen molar-refractivity contribution in [3.8, 4) is 11.5 Å². The number of phenols is 1. The number of nitrogens with zero attached hydrogens (tertiary/aromatic N) is 1. The fraction of sp³-hybridized carbons (Fsp3) is 0.300. The average Bonchev–Trinajstić information content (AvgIpc) is 2.62. The molecule has 0 saturated heterocycles. The molecule has 0 aliphatic carbocycles. The van der Waals surface area contributed by atoms with Gasteiger partial charge in [0.25, 0.3) is 0 Å². The fourth-order valence-corrected chi connectivity index (χ4v) is 2.65. The molecule has 2 aromatic carbocycles. The topological polar surface area (TPSA) is 70.9 Å². The molecule has 0 bridgehead atoms. The van der Waals surface area contributed by atoms with Crippen molar-refractivity contribution < 1.29 is 14.6 Å². The number of hydrogen-bond donors (Lipinski definition) is 2. The Morgan fingerprint density at radius 2 is 2.04 bits per heavy atom. The van der Waals surface area contributed by atoms with Crippen LogP contribution in [0.1, 0.15) is 37.3 Å². The van der Waals surface area contributed by atoms with Crippen LogP contribution in [0.5, 0.6) is 11.5 Å². The van der Waals surface area contributed by atoms with Crippen LogP contribution in [0.4, 0.5) is 0 Å². The summed E-state index contributed by atoms with van der Waals surface area (Å²) in [5.74, 6) is 0.720. The summed E-state index contributed by atoms with van der Waals surface area (Å²) in [6, 6.07) is 12.4. The highest BCUT2D eigenvalue weighted by molar-refractivity contribution is 6.30. The van der Waals surface area contributed by atoms with Gasteiger partial charge in [-0.05, 0) is 55.7 Å². The first-order valence-electron chi connectivity index (χ1n) is 8.54. The predicted molar refractivity (Wildman–Crippen MR) is 104 cm³/mol. The molecule has 1 amide bonds. The van der Waals surface area contributed by atoms with Gasteiger partial charge in [-0.2, -0.15) is 5.10 Å². The summed E-state index contributed by atoms with van der Waals surface area (Å²) in [4.78, 5) is 11.9. The number of nitrogens with one attached hydrogen (secondary N) is 1. The summed E-state index contributed by atoms with van der Waals surface area (Å²) >= 11 is 5.91. The molecule has 0 saturated carbocycles. The van der Waals surface area contributed by atoms with E-state index in [-0.39, 0.29) is 11.7 Å². The summed E-state index contributed by atoms with van der Waals surface area (Å²) in [5, 5.41) is 14.7. The first kappa shape index (κ1) is 19.8. The molecule has 0 radical (unpaired) electrons. The first-order chi connectivity index (χ1) is 12.5. The lowest BCUT2D eigenvalue weighted by Gasteiger charge is -2.09. The van der Waals surface area contributed by atoms with E-state index in [4.69, 9.17) is 16.3 Å². The second-order valence-electron chi connectivity index (χ2n) is 5.83. The number of ether oxygens (including phenoxy) is 1. The molecule has 0 spiro atoms. The molecule has 2 rings (SSSR count). The zero-order valence-electron chi connectivity index (χ0n) is 15.0. The molecule has 0 unspecified atom stereocenters. The monoisotopic (exact) mass is 374 g/mol. The number of carbonyl (C=O) groups is 1. The second kappa shape index (κ2) is 9.82. The van der Waals surface area contributed by atoms with Gasteiger partial charge < -0.3 is 9.84 Å². The molecule has 6 heteroatoms. The van der Waals surface area contributed by atoms with Gasteiger partial charge in [-0.1, -0.05) is 30.7 Å². The third kappa shape index (κ3) is 5.77. The van der Waals surface area contributed by atoms with E-state index in [0.717, 1.165) is 11.3 Å². The van der Waals surface area contributed by atoms with Crippen LogP contribution < -0.4 is 10.2 Å². The molecule has 0 atom stereocenters. The van der Waals surface area contributed by atoms with E-state index < -0.39 is 0 Å². The Kier molecular flexibility index (Phi) is 7.48. The van der Waals surface area contributed by atoms with Crippen molar-refractivity contribution in [1.82, 2.24) is 5.43 Å². The molecular formula is C20H23ClN2O3. The third-order valence-corrected chi connectivity index (χ3v) is 4.04. The number of para-hydroxylation sites is 1. The van der Waals surface area contributed by atoms with E-state index in [1.807, 2.05) is 32.0 Å². The van der Waals surface area contributed by atoms with Crippen molar-refractivity contribution in [3.05, 3.63) is 58.6 Å². The molecule has 2 N–H and O–H groups in total. The maximum absolute atomic E-state index is 11.9. The van der Waals surface area contributed by atoms with Crippen molar-refractivity contribution in [2.45, 2.75) is 33.1 Å². The minimum absolute atomic E-state index is 0.147. The maximum Gasteiger partial charge on any atom is 0.240 e. The number of halogens is 1. The Balaban J connectivity index is 1.80. The van der Waals surface area contributed by atoms with Crippen molar-refractivity contribution in [1.29, 1.82) is 0 Å². The predicted octanol–water partition coefficient (Wildman–Crippen LogP) is 4.44. The van der Waals surface area contributed by atoms with Gasteiger partial charge in [0, 0.05) is 17.0 Å². The zero-order chi connectivity index (χ0) is 18.9. The molecule has 138 valence electrons. The van der Waals surface area contributed by atoms with Gasteiger partial charge in [0.1, 0.15) is 11.5 Å². The molecule has 0 aliphatic rings. The lowest BCUT2D eigenvalue weighted by atomic mass is 10.1. The van der Waals surface area contributed by atoms with Gasteiger partial charge in [-0.25, -0.2) is 5.43 Å². The number of carbonyl (C=O) groups excluding carboxylic acids is 1. The molecule has 5 nitrogen and oxygen atoms in total. The lowest BCUT2D eigenvalue weighted by molar-refractivity contribution is -0.121. The summed E-state index contributed by atoms with van der Waals surface area (Å²) in [6.07, 6.45) is 1.46. The lowest BCUT2D eigenvalue weighted by Crippen LogP contribution is -2.20. The van der Waals surface area contributed by atoms with Crippen molar-refractivity contribution in [2.24, 2.45) is 5.10 Å². The van der Waals surface area contributed by atoms with Gasteiger partial charge in [0.2, 0.25) is 5.91 Å². The minimum Gasteiger partial charge on any atom is -0.507 e. The van der Waals surface area contributed by atoms with E-state index in [1.54, 1.807) is 24.3 Å². The van der Waals surface area contributed by atoms with Crippen molar-refractivity contribution >= 4 is 23.2 Å². The minimum atomic E-state index is -0.192. The van der Waals surface area contributed by atoms with Gasteiger partial charge in [-0.3, -0.25) is 4.79 Å². The quantitative estimate of drug-likeness (QED) is 0.407. The van der Waals surface area contributed by atoms with E-state index in [2.05, 4.69) is 10.5 Å². The van der Waals surface area contributed by atoms with E-state index in [1.165, 1.54) is 0 Å². The van der Waals surface area contributed by atoms with Gasteiger partial charge in [-0.15, -0.1) is 0 Å². The molecule has 0 fully saturated rings. The first-order valence-corrected chi connectivity index (χ1v) is 8.91. The van der Waals surface area contributed by atoms with Crippen LogP contribution >= 0.6 is 11.6 Å². The van der Waals surface area contributed by atoms with Crippen LogP contribution in [0.2, 0.25) is 5.02 Å². The molecule has 0 aromatic heterocycles. The van der Waals surface area contributed by atoms with Crippen LogP contribution in [-0.4, -0.2) is 23.3 Å². The molecule has 0 aliphatic heterocycles. The van der Waals surface area contributed by atoms with Crippen LogP contribution in [0.15, 0.2) is 47.6 Å². The van der Waals surface area contributed by atoms with Gasteiger partial charge in [0.05, 0.1) is 12.3 Å². The van der Waals surface area contributed by atoms with Crippen molar-refractivity contribution in [2.75, 3.05) is 6.61 Å². The number of rotatable bonds is 8. The third-order valence-electron chi connectivity index (χ3n) is 3.81. The number of aromatic hydroxyl groups is 1. The Morgan fingerprint density at radius 1 is 1.27 bits per heavy atom. The molecule has 0 heterocycles. The van der Waals surface area contributed by atoms with Crippen LogP contribution in [-0.2, 0) is 4.79 Å². The summed E-state index contributed by atoms with van der Waals surface area (Å²) in [7, 11) is 0. The Morgan fingerprint density at radius 3 is 2.73 bits per heavy atom. The van der Waals surface area contributed by atoms with E-state index in [9.17, 15) is 9.90 Å². The maximum atomic E-state index is 11.9. The number of hydrogen-bond acceptors (Lipinski definition) is 4. The Labute approximate surface area is 158 Å². The number of phenolic OH excluding ortho intramolecular Hbond substituents is 1. The summed E-state index contributed by atoms with van der Waals surface area (Å²) < 4.78 is 5.67. The fourth-order valence-electron chi connectivity index (χ4n) is 2.42. The highest BCUT2D eigenvalue weighted by atomic mass is 35.5. The highest BCUT2D eigenvalue weighted by Crippen LogP contribution is 2.22. The number of aryl methyl sites for hydroxylation is 1.